The van der Waals surface area contributed by atoms with Crippen LogP contribution >= 0.6 is 15.9 Å². The molecule has 31 heavy (non-hydrogen) atoms. The van der Waals surface area contributed by atoms with E-state index in [2.05, 4.69) is 20.9 Å². The number of pyridine rings is 1. The lowest BCUT2D eigenvalue weighted by Gasteiger charge is -2.25. The number of ether oxygens (including phenoxy) is 1. The fraction of sp³-hybridized carbons (Fsp3) is 0.364. The average molecular weight is 489 g/mol. The highest BCUT2D eigenvalue weighted by atomic mass is 79.9. The number of halogens is 1. The van der Waals surface area contributed by atoms with Gasteiger partial charge in [0.1, 0.15) is 17.5 Å². The molecular weight excluding hydrogens is 464 g/mol. The molecule has 9 heteroatoms. The van der Waals surface area contributed by atoms with Crippen LogP contribution < -0.4 is 11.5 Å². The van der Waals surface area contributed by atoms with Crippen molar-refractivity contribution in [3.63, 3.8) is 0 Å². The number of amides is 2. The molecule has 0 aliphatic carbocycles. The number of nitrogens with two attached hydrogens (primary N) is 2. The SMILES string of the molecule is CC(C)(C)OC(=O)CCC(C(N)=O)N1Cc2cc(-c3nc(N)ccc3Br)ccc2C1=O. The first-order valence-electron chi connectivity index (χ1n) is 9.83. The maximum absolute atomic E-state index is 12.9. The van der Waals surface area contributed by atoms with Gasteiger partial charge in [0, 0.05) is 28.6 Å². The normalized spacial score (nSPS) is 14.3. The standard InChI is InChI=1S/C22H25BrN4O4/c1-22(2,3)31-18(28)9-7-16(20(25)29)27-11-13-10-12(4-5-14(13)21(27)30)19-15(23)6-8-17(24)26-19/h4-6,8,10,16H,7,9,11H2,1-3H3,(H2,24,26)(H2,25,29). The maximum atomic E-state index is 12.9. The van der Waals surface area contributed by atoms with Gasteiger partial charge in [-0.2, -0.15) is 0 Å². The summed E-state index contributed by atoms with van der Waals surface area (Å²) < 4.78 is 6.06. The molecule has 0 fully saturated rings. The Morgan fingerprint density at radius 1 is 1.26 bits per heavy atom. The highest BCUT2D eigenvalue weighted by Crippen LogP contribution is 2.33. The first-order chi connectivity index (χ1) is 14.5. The minimum Gasteiger partial charge on any atom is -0.460 e. The van der Waals surface area contributed by atoms with E-state index in [1.807, 2.05) is 12.1 Å². The number of esters is 1. The second-order valence-corrected chi connectivity index (χ2v) is 9.27. The van der Waals surface area contributed by atoms with Crippen LogP contribution in [0, 0.1) is 0 Å². The third-order valence-corrected chi connectivity index (χ3v) is 5.46. The highest BCUT2D eigenvalue weighted by molar-refractivity contribution is 9.10. The van der Waals surface area contributed by atoms with Crippen LogP contribution in [0.1, 0.15) is 49.5 Å². The molecule has 0 bridgehead atoms. The molecule has 8 nitrogen and oxygen atoms in total. The molecule has 0 radical (unpaired) electrons. The highest BCUT2D eigenvalue weighted by Gasteiger charge is 2.36. The van der Waals surface area contributed by atoms with E-state index in [9.17, 15) is 14.4 Å². The molecule has 3 rings (SSSR count). The molecule has 0 spiro atoms. The first kappa shape index (κ1) is 22.7. The minimum atomic E-state index is -0.909. The summed E-state index contributed by atoms with van der Waals surface area (Å²) in [4.78, 5) is 42.9. The maximum Gasteiger partial charge on any atom is 0.306 e. The Hall–Kier alpha value is -2.94. The number of nitrogens with zero attached hydrogens (tertiary/aromatic N) is 2. The summed E-state index contributed by atoms with van der Waals surface area (Å²) in [5.41, 5.74) is 13.4. The summed E-state index contributed by atoms with van der Waals surface area (Å²) >= 11 is 3.47. The van der Waals surface area contributed by atoms with Gasteiger partial charge in [-0.3, -0.25) is 14.4 Å². The van der Waals surface area contributed by atoms with Crippen LogP contribution in [0.5, 0.6) is 0 Å². The van der Waals surface area contributed by atoms with E-state index in [4.69, 9.17) is 16.2 Å². The van der Waals surface area contributed by atoms with E-state index in [1.54, 1.807) is 39.0 Å². The van der Waals surface area contributed by atoms with Gasteiger partial charge in [-0.15, -0.1) is 0 Å². The number of benzene rings is 1. The molecule has 2 amide bonds. The van der Waals surface area contributed by atoms with Crippen LogP contribution in [-0.4, -0.2) is 39.3 Å². The van der Waals surface area contributed by atoms with E-state index >= 15 is 0 Å². The number of anilines is 1. The van der Waals surface area contributed by atoms with Gasteiger partial charge in [-0.25, -0.2) is 4.98 Å². The van der Waals surface area contributed by atoms with Gasteiger partial charge in [0.25, 0.3) is 5.91 Å². The molecule has 0 saturated carbocycles. The molecule has 1 aliphatic heterocycles. The van der Waals surface area contributed by atoms with Gasteiger partial charge in [0.05, 0.1) is 5.69 Å². The summed E-state index contributed by atoms with van der Waals surface area (Å²) in [7, 11) is 0. The van der Waals surface area contributed by atoms with Crippen molar-refractivity contribution < 1.29 is 19.1 Å². The van der Waals surface area contributed by atoms with Crippen LogP contribution in [0.4, 0.5) is 5.82 Å². The Balaban J connectivity index is 1.80. The number of carbonyl (C=O) groups excluding carboxylic acids is 3. The topological polar surface area (TPSA) is 129 Å². The number of nitrogen functional groups attached to an aromatic ring is 1. The number of fused-ring (bicyclic) bond motifs is 1. The zero-order valence-corrected chi connectivity index (χ0v) is 19.2. The Morgan fingerprint density at radius 3 is 2.61 bits per heavy atom. The van der Waals surface area contributed by atoms with Crippen molar-refractivity contribution in [2.75, 3.05) is 5.73 Å². The van der Waals surface area contributed by atoms with Crippen molar-refractivity contribution in [2.24, 2.45) is 5.73 Å². The van der Waals surface area contributed by atoms with Gasteiger partial charge >= 0.3 is 5.97 Å². The van der Waals surface area contributed by atoms with E-state index in [0.717, 1.165) is 15.6 Å². The van der Waals surface area contributed by atoms with Crippen molar-refractivity contribution in [1.29, 1.82) is 0 Å². The number of carbonyl (C=O) groups is 3. The second kappa shape index (κ2) is 8.66. The fourth-order valence-electron chi connectivity index (χ4n) is 3.50. The Labute approximate surface area is 189 Å². The second-order valence-electron chi connectivity index (χ2n) is 8.41. The summed E-state index contributed by atoms with van der Waals surface area (Å²) in [6.07, 6.45) is 0.0789. The molecule has 4 N–H and O–H groups in total. The smallest absolute Gasteiger partial charge is 0.306 e. The lowest BCUT2D eigenvalue weighted by molar-refractivity contribution is -0.155. The fourth-order valence-corrected chi connectivity index (χ4v) is 3.95. The summed E-state index contributed by atoms with van der Waals surface area (Å²) in [5, 5.41) is 0. The van der Waals surface area contributed by atoms with Crippen LogP contribution in [-0.2, 0) is 20.9 Å². The monoisotopic (exact) mass is 488 g/mol. The van der Waals surface area contributed by atoms with Gasteiger partial charge in [-0.05, 0) is 73.0 Å². The van der Waals surface area contributed by atoms with Crippen LogP contribution in [0.15, 0.2) is 34.8 Å². The molecule has 0 saturated heterocycles. The third-order valence-electron chi connectivity index (χ3n) is 4.82. The third kappa shape index (κ3) is 5.22. The molecule has 2 aromatic rings. The number of hydrogen-bond donors (Lipinski definition) is 2. The predicted molar refractivity (Wildman–Crippen MR) is 120 cm³/mol. The van der Waals surface area contributed by atoms with Crippen molar-refractivity contribution in [2.45, 2.75) is 51.8 Å². The zero-order chi connectivity index (χ0) is 22.9. The van der Waals surface area contributed by atoms with E-state index in [0.29, 0.717) is 17.1 Å². The quantitative estimate of drug-likeness (QED) is 0.601. The molecule has 2 heterocycles. The Morgan fingerprint density at radius 2 is 1.97 bits per heavy atom. The number of hydrogen-bond acceptors (Lipinski definition) is 6. The van der Waals surface area contributed by atoms with E-state index in [-0.39, 0.29) is 25.3 Å². The van der Waals surface area contributed by atoms with Gasteiger partial charge in [0.2, 0.25) is 5.91 Å². The first-order valence-corrected chi connectivity index (χ1v) is 10.6. The Kier molecular flexibility index (Phi) is 6.35. The van der Waals surface area contributed by atoms with E-state index < -0.39 is 23.5 Å². The van der Waals surface area contributed by atoms with Crippen molar-refractivity contribution >= 4 is 39.5 Å². The number of rotatable bonds is 6. The summed E-state index contributed by atoms with van der Waals surface area (Å²) in [6.45, 7) is 5.51. The van der Waals surface area contributed by atoms with Crippen molar-refractivity contribution in [1.82, 2.24) is 9.88 Å². The summed E-state index contributed by atoms with van der Waals surface area (Å²) in [6, 6.07) is 7.93. The largest absolute Gasteiger partial charge is 0.460 e. The van der Waals surface area contributed by atoms with Crippen molar-refractivity contribution in [3.8, 4) is 11.3 Å². The molecule has 1 aromatic heterocycles. The molecule has 1 atom stereocenters. The molecule has 1 unspecified atom stereocenters. The van der Waals surface area contributed by atoms with Crippen molar-refractivity contribution in [3.05, 3.63) is 45.9 Å². The molecule has 164 valence electrons. The lowest BCUT2D eigenvalue weighted by atomic mass is 10.0. The van der Waals surface area contributed by atoms with E-state index in [1.165, 1.54) is 4.90 Å². The predicted octanol–water partition coefficient (Wildman–Crippen LogP) is 3.02. The van der Waals surface area contributed by atoms with Crippen LogP contribution in [0.2, 0.25) is 0 Å². The summed E-state index contributed by atoms with van der Waals surface area (Å²) in [5.74, 6) is -1.02. The minimum absolute atomic E-state index is 0.0174. The lowest BCUT2D eigenvalue weighted by Crippen LogP contribution is -2.45. The molecule has 1 aromatic carbocycles. The molecule has 1 aliphatic rings. The zero-order valence-electron chi connectivity index (χ0n) is 17.6. The van der Waals surface area contributed by atoms with Gasteiger partial charge in [-0.1, -0.05) is 6.07 Å². The van der Waals surface area contributed by atoms with Crippen LogP contribution in [0.25, 0.3) is 11.3 Å². The number of primary amides is 1. The average Bonchev–Trinajstić information content (AvgIpc) is 2.98. The van der Waals surface area contributed by atoms with Gasteiger partial charge in [0.15, 0.2) is 0 Å². The molecular formula is C22H25BrN4O4. The Bertz CT molecular complexity index is 1050. The van der Waals surface area contributed by atoms with Gasteiger partial charge < -0.3 is 21.1 Å². The van der Waals surface area contributed by atoms with Crippen LogP contribution in [0.3, 0.4) is 0 Å². The number of aromatic nitrogens is 1.